The molecule has 2 aromatic rings. The molecule has 4 rings (SSSR count). The summed E-state index contributed by atoms with van der Waals surface area (Å²) in [5, 5.41) is 5.52. The Morgan fingerprint density at radius 3 is 2.81 bits per heavy atom. The minimum Gasteiger partial charge on any atom is -0.491 e. The van der Waals surface area contributed by atoms with Crippen molar-refractivity contribution in [3.63, 3.8) is 0 Å². The second-order valence-corrected chi connectivity index (χ2v) is 9.81. The number of rotatable bonds is 8. The topological polar surface area (TPSA) is 44.8 Å². The average molecular weight is 442 g/mol. The minimum absolute atomic E-state index is 0.0212. The van der Waals surface area contributed by atoms with Gasteiger partial charge in [0.05, 0.1) is 12.6 Å². The first-order chi connectivity index (χ1) is 15.1. The van der Waals surface area contributed by atoms with Crippen LogP contribution in [0.2, 0.25) is 0 Å². The van der Waals surface area contributed by atoms with Gasteiger partial charge in [-0.1, -0.05) is 24.1 Å². The SMILES string of the molecule is Cc1ccc(OCC2c3ccsc3CCN2C(=O)CNCCN2CCCCC2)c(C)c1. The first-order valence-electron chi connectivity index (χ1n) is 11.6. The van der Waals surface area contributed by atoms with Gasteiger partial charge in [0.25, 0.3) is 0 Å². The van der Waals surface area contributed by atoms with E-state index >= 15 is 0 Å². The van der Waals surface area contributed by atoms with Crippen LogP contribution in [0.15, 0.2) is 29.6 Å². The van der Waals surface area contributed by atoms with Crippen molar-refractivity contribution in [2.75, 3.05) is 45.9 Å². The van der Waals surface area contributed by atoms with Crippen molar-refractivity contribution in [2.45, 2.75) is 45.6 Å². The second kappa shape index (κ2) is 10.6. The molecule has 0 radical (unpaired) electrons. The van der Waals surface area contributed by atoms with Crippen LogP contribution in [-0.4, -0.2) is 61.6 Å². The van der Waals surface area contributed by atoms with Crippen molar-refractivity contribution in [1.82, 2.24) is 15.1 Å². The molecule has 0 bridgehead atoms. The lowest BCUT2D eigenvalue weighted by molar-refractivity contribution is -0.133. The number of thiophene rings is 1. The minimum atomic E-state index is -0.0212. The van der Waals surface area contributed by atoms with E-state index in [4.69, 9.17) is 4.74 Å². The molecule has 2 aliphatic rings. The Labute approximate surface area is 190 Å². The Bertz CT molecular complexity index is 875. The van der Waals surface area contributed by atoms with Crippen LogP contribution in [-0.2, 0) is 11.2 Å². The predicted octanol–water partition coefficient (Wildman–Crippen LogP) is 3.95. The Hall–Kier alpha value is -1.89. The number of hydrogen-bond donors (Lipinski definition) is 1. The van der Waals surface area contributed by atoms with Gasteiger partial charge in [0.15, 0.2) is 0 Å². The number of piperidine rings is 1. The molecule has 1 N–H and O–H groups in total. The fourth-order valence-electron chi connectivity index (χ4n) is 4.72. The van der Waals surface area contributed by atoms with Crippen LogP contribution < -0.4 is 10.1 Å². The molecular formula is C25H35N3O2S. The van der Waals surface area contributed by atoms with Gasteiger partial charge in [-0.3, -0.25) is 4.79 Å². The van der Waals surface area contributed by atoms with Crippen molar-refractivity contribution in [1.29, 1.82) is 0 Å². The third kappa shape index (κ3) is 5.68. The number of carbonyl (C=O) groups excluding carboxylic acids is 1. The van der Waals surface area contributed by atoms with Crippen LogP contribution in [0.25, 0.3) is 0 Å². The molecule has 2 aliphatic heterocycles. The molecule has 0 aliphatic carbocycles. The lowest BCUT2D eigenvalue weighted by atomic mass is 10.0. The van der Waals surface area contributed by atoms with Gasteiger partial charge < -0.3 is 19.9 Å². The van der Waals surface area contributed by atoms with Gasteiger partial charge in [-0.25, -0.2) is 0 Å². The zero-order valence-electron chi connectivity index (χ0n) is 18.9. The molecule has 1 saturated heterocycles. The number of fused-ring (bicyclic) bond motifs is 1. The maximum absolute atomic E-state index is 13.1. The van der Waals surface area contributed by atoms with E-state index in [1.54, 1.807) is 11.3 Å². The summed E-state index contributed by atoms with van der Waals surface area (Å²) in [4.78, 5) is 19.0. The molecule has 1 fully saturated rings. The smallest absolute Gasteiger partial charge is 0.237 e. The monoisotopic (exact) mass is 441 g/mol. The summed E-state index contributed by atoms with van der Waals surface area (Å²) < 4.78 is 6.23. The Balaban J connectivity index is 1.35. The van der Waals surface area contributed by atoms with Crippen molar-refractivity contribution in [2.24, 2.45) is 0 Å². The van der Waals surface area contributed by atoms with E-state index in [2.05, 4.69) is 47.6 Å². The third-order valence-electron chi connectivity index (χ3n) is 6.47. The Morgan fingerprint density at radius 1 is 1.16 bits per heavy atom. The number of benzene rings is 1. The normalized spacial score (nSPS) is 19.3. The summed E-state index contributed by atoms with van der Waals surface area (Å²) >= 11 is 1.79. The molecule has 3 heterocycles. The molecule has 1 aromatic heterocycles. The number of carbonyl (C=O) groups is 1. The number of nitrogens with one attached hydrogen (secondary N) is 1. The molecule has 31 heavy (non-hydrogen) atoms. The van der Waals surface area contributed by atoms with Crippen molar-refractivity contribution < 1.29 is 9.53 Å². The van der Waals surface area contributed by atoms with Crippen molar-refractivity contribution in [3.05, 3.63) is 51.2 Å². The van der Waals surface area contributed by atoms with Crippen LogP contribution in [0.4, 0.5) is 0 Å². The van der Waals surface area contributed by atoms with Crippen LogP contribution in [0.5, 0.6) is 5.75 Å². The van der Waals surface area contributed by atoms with Gasteiger partial charge >= 0.3 is 0 Å². The molecule has 168 valence electrons. The molecular weight excluding hydrogens is 406 g/mol. The third-order valence-corrected chi connectivity index (χ3v) is 7.47. The number of aryl methyl sites for hydroxylation is 2. The fourth-order valence-corrected chi connectivity index (χ4v) is 5.65. The van der Waals surface area contributed by atoms with Crippen molar-refractivity contribution in [3.8, 4) is 5.75 Å². The number of amides is 1. The molecule has 6 heteroatoms. The molecule has 1 amide bonds. The number of hydrogen-bond acceptors (Lipinski definition) is 5. The summed E-state index contributed by atoms with van der Waals surface area (Å²) in [6.45, 7) is 10.1. The molecule has 0 saturated carbocycles. The van der Waals surface area contributed by atoms with Gasteiger partial charge in [0.1, 0.15) is 12.4 Å². The van der Waals surface area contributed by atoms with Crippen LogP contribution in [0.3, 0.4) is 0 Å². The van der Waals surface area contributed by atoms with Crippen molar-refractivity contribution >= 4 is 17.2 Å². The lowest BCUT2D eigenvalue weighted by Gasteiger charge is -2.36. The summed E-state index contributed by atoms with van der Waals surface area (Å²) in [6, 6.07) is 8.40. The molecule has 1 aromatic carbocycles. The maximum atomic E-state index is 13.1. The first-order valence-corrected chi connectivity index (χ1v) is 12.5. The van der Waals surface area contributed by atoms with E-state index in [-0.39, 0.29) is 11.9 Å². The highest BCUT2D eigenvalue weighted by atomic mass is 32.1. The van der Waals surface area contributed by atoms with Crippen LogP contribution >= 0.6 is 11.3 Å². The Morgan fingerprint density at radius 2 is 2.00 bits per heavy atom. The average Bonchev–Trinajstić information content (AvgIpc) is 3.26. The van der Waals surface area contributed by atoms with Gasteiger partial charge in [-0.2, -0.15) is 0 Å². The van der Waals surface area contributed by atoms with E-state index in [0.29, 0.717) is 13.2 Å². The molecule has 1 atom stereocenters. The molecule has 0 spiro atoms. The zero-order chi connectivity index (χ0) is 21.6. The molecule has 5 nitrogen and oxygen atoms in total. The van der Waals surface area contributed by atoms with E-state index in [1.165, 1.54) is 48.4 Å². The van der Waals surface area contributed by atoms with Gasteiger partial charge in [0, 0.05) is 24.5 Å². The standard InChI is InChI=1S/C25H35N3O2S/c1-19-6-7-23(20(2)16-19)30-18-22-21-9-15-31-24(21)8-13-28(22)25(29)17-26-10-14-27-11-4-3-5-12-27/h6-7,9,15-16,22,26H,3-5,8,10-14,17-18H2,1-2H3. The van der Waals surface area contributed by atoms with E-state index in [0.717, 1.165) is 37.4 Å². The van der Waals surface area contributed by atoms with Crippen LogP contribution in [0.1, 0.15) is 46.9 Å². The van der Waals surface area contributed by atoms with E-state index < -0.39 is 0 Å². The van der Waals surface area contributed by atoms with Gasteiger partial charge in [-0.15, -0.1) is 11.3 Å². The summed E-state index contributed by atoms with van der Waals surface area (Å²) in [5.41, 5.74) is 3.62. The first kappa shape index (κ1) is 22.3. The molecule has 1 unspecified atom stereocenters. The van der Waals surface area contributed by atoms with Gasteiger partial charge in [0.2, 0.25) is 5.91 Å². The summed E-state index contributed by atoms with van der Waals surface area (Å²) in [7, 11) is 0. The predicted molar refractivity (Wildman–Crippen MR) is 127 cm³/mol. The highest BCUT2D eigenvalue weighted by Crippen LogP contribution is 2.34. The number of likely N-dealkylation sites (tertiary alicyclic amines) is 1. The lowest BCUT2D eigenvalue weighted by Crippen LogP contribution is -2.46. The Kier molecular flexibility index (Phi) is 7.64. The second-order valence-electron chi connectivity index (χ2n) is 8.81. The highest BCUT2D eigenvalue weighted by Gasteiger charge is 2.32. The summed E-state index contributed by atoms with van der Waals surface area (Å²) in [5.74, 6) is 1.07. The largest absolute Gasteiger partial charge is 0.491 e. The number of nitrogens with zero attached hydrogens (tertiary/aromatic N) is 2. The highest BCUT2D eigenvalue weighted by molar-refractivity contribution is 7.10. The quantitative estimate of drug-likeness (QED) is 0.630. The van der Waals surface area contributed by atoms with E-state index in [1.807, 2.05) is 11.0 Å². The fraction of sp³-hybridized carbons (Fsp3) is 0.560. The van der Waals surface area contributed by atoms with Gasteiger partial charge in [-0.05, 0) is 74.8 Å². The maximum Gasteiger partial charge on any atom is 0.237 e. The summed E-state index contributed by atoms with van der Waals surface area (Å²) in [6.07, 6.45) is 4.90. The van der Waals surface area contributed by atoms with E-state index in [9.17, 15) is 4.79 Å². The van der Waals surface area contributed by atoms with Crippen LogP contribution in [0, 0.1) is 13.8 Å². The zero-order valence-corrected chi connectivity index (χ0v) is 19.7. The number of ether oxygens (including phenoxy) is 1.